The Kier molecular flexibility index (Phi) is 4.63. The molecule has 0 fully saturated rings. The highest BCUT2D eigenvalue weighted by Gasteiger charge is 2.02. The largest absolute Gasteiger partial charge is 0.325 e. The molecule has 0 unspecified atom stereocenters. The highest BCUT2D eigenvalue weighted by atomic mass is 16.1. The van der Waals surface area contributed by atoms with Crippen LogP contribution in [0.2, 0.25) is 0 Å². The molecule has 0 radical (unpaired) electrons. The van der Waals surface area contributed by atoms with Gasteiger partial charge in [0.15, 0.2) is 5.82 Å². The summed E-state index contributed by atoms with van der Waals surface area (Å²) < 4.78 is 1.66. The van der Waals surface area contributed by atoms with E-state index in [0.29, 0.717) is 13.0 Å². The van der Waals surface area contributed by atoms with Crippen LogP contribution in [-0.4, -0.2) is 33.8 Å². The maximum atomic E-state index is 11.6. The Labute approximate surface area is 111 Å². The number of nitrogens with one attached hydrogen (secondary N) is 2. The molecule has 1 amide bonds. The number of anilines is 1. The smallest absolute Gasteiger partial charge is 0.238 e. The summed E-state index contributed by atoms with van der Waals surface area (Å²) >= 11 is 0. The molecule has 0 spiro atoms. The van der Waals surface area contributed by atoms with E-state index < -0.39 is 0 Å². The number of carbonyl (C=O) groups excluding carboxylic acids is 1. The lowest BCUT2D eigenvalue weighted by atomic mass is 10.3. The molecule has 0 saturated heterocycles. The maximum Gasteiger partial charge on any atom is 0.238 e. The number of para-hydroxylation sites is 1. The summed E-state index contributed by atoms with van der Waals surface area (Å²) in [6, 6.07) is 9.39. The fourth-order valence-corrected chi connectivity index (χ4v) is 1.63. The van der Waals surface area contributed by atoms with Gasteiger partial charge >= 0.3 is 0 Å². The zero-order chi connectivity index (χ0) is 13.5. The van der Waals surface area contributed by atoms with E-state index in [1.165, 1.54) is 0 Å². The van der Waals surface area contributed by atoms with Crippen molar-refractivity contribution in [2.45, 2.75) is 6.42 Å². The molecule has 0 aliphatic carbocycles. The first-order valence-electron chi connectivity index (χ1n) is 6.14. The van der Waals surface area contributed by atoms with E-state index in [2.05, 4.69) is 20.7 Å². The molecule has 2 aromatic rings. The van der Waals surface area contributed by atoms with E-state index in [-0.39, 0.29) is 12.5 Å². The average Bonchev–Trinajstić information content (AvgIpc) is 2.82. The normalized spacial score (nSPS) is 10.4. The predicted molar refractivity (Wildman–Crippen MR) is 72.6 cm³/mol. The van der Waals surface area contributed by atoms with Gasteiger partial charge in [0.05, 0.1) is 6.54 Å². The standard InChI is InChI=1S/C13H17N5O/c1-18-10-15-12(17-18)7-8-14-9-13(19)16-11-5-3-2-4-6-11/h2-6,10,14H,7-9H2,1H3,(H,16,19). The third kappa shape index (κ3) is 4.51. The number of aryl methyl sites for hydroxylation is 1. The molecule has 1 aromatic heterocycles. The third-order valence-electron chi connectivity index (χ3n) is 2.52. The Balaban J connectivity index is 1.64. The number of amides is 1. The Morgan fingerprint density at radius 3 is 2.79 bits per heavy atom. The second-order valence-electron chi connectivity index (χ2n) is 4.18. The molecule has 0 atom stereocenters. The number of carbonyl (C=O) groups is 1. The van der Waals surface area contributed by atoms with Gasteiger partial charge in [-0.2, -0.15) is 5.10 Å². The van der Waals surface area contributed by atoms with Crippen molar-refractivity contribution >= 4 is 11.6 Å². The van der Waals surface area contributed by atoms with E-state index in [1.54, 1.807) is 11.0 Å². The summed E-state index contributed by atoms with van der Waals surface area (Å²) in [5, 5.41) is 10.0. The van der Waals surface area contributed by atoms with Crippen molar-refractivity contribution in [1.29, 1.82) is 0 Å². The lowest BCUT2D eigenvalue weighted by Gasteiger charge is -2.05. The topological polar surface area (TPSA) is 71.8 Å². The van der Waals surface area contributed by atoms with Crippen LogP contribution in [0.25, 0.3) is 0 Å². The van der Waals surface area contributed by atoms with Crippen LogP contribution in [0.15, 0.2) is 36.7 Å². The Morgan fingerprint density at radius 1 is 1.32 bits per heavy atom. The molecule has 1 heterocycles. The minimum Gasteiger partial charge on any atom is -0.325 e. The van der Waals surface area contributed by atoms with Crippen molar-refractivity contribution in [2.75, 3.05) is 18.4 Å². The van der Waals surface area contributed by atoms with Crippen molar-refractivity contribution in [3.8, 4) is 0 Å². The van der Waals surface area contributed by atoms with Crippen LogP contribution < -0.4 is 10.6 Å². The summed E-state index contributed by atoms with van der Waals surface area (Å²) in [5.41, 5.74) is 0.806. The molecule has 6 nitrogen and oxygen atoms in total. The molecule has 1 aromatic carbocycles. The zero-order valence-electron chi connectivity index (χ0n) is 10.8. The second-order valence-corrected chi connectivity index (χ2v) is 4.18. The molecule has 0 bridgehead atoms. The second kappa shape index (κ2) is 6.65. The number of benzene rings is 1. The molecule has 19 heavy (non-hydrogen) atoms. The molecular weight excluding hydrogens is 242 g/mol. The molecule has 100 valence electrons. The highest BCUT2D eigenvalue weighted by Crippen LogP contribution is 2.03. The van der Waals surface area contributed by atoms with Gasteiger partial charge in [-0.25, -0.2) is 4.98 Å². The first kappa shape index (κ1) is 13.2. The van der Waals surface area contributed by atoms with Crippen molar-refractivity contribution < 1.29 is 4.79 Å². The SMILES string of the molecule is Cn1cnc(CCNCC(=O)Nc2ccccc2)n1. The fourth-order valence-electron chi connectivity index (χ4n) is 1.63. The summed E-state index contributed by atoms with van der Waals surface area (Å²) in [5.74, 6) is 0.721. The Morgan fingerprint density at radius 2 is 2.11 bits per heavy atom. The van der Waals surface area contributed by atoms with Crippen LogP contribution in [-0.2, 0) is 18.3 Å². The molecule has 0 aliphatic rings. The monoisotopic (exact) mass is 259 g/mol. The third-order valence-corrected chi connectivity index (χ3v) is 2.52. The van der Waals surface area contributed by atoms with Gasteiger partial charge in [-0.3, -0.25) is 9.48 Å². The van der Waals surface area contributed by atoms with Gasteiger partial charge in [0, 0.05) is 25.7 Å². The van der Waals surface area contributed by atoms with Crippen molar-refractivity contribution in [2.24, 2.45) is 7.05 Å². The van der Waals surface area contributed by atoms with E-state index in [9.17, 15) is 4.79 Å². The van der Waals surface area contributed by atoms with Crippen molar-refractivity contribution in [1.82, 2.24) is 20.1 Å². The lowest BCUT2D eigenvalue weighted by Crippen LogP contribution is -2.29. The van der Waals surface area contributed by atoms with Gasteiger partial charge in [-0.05, 0) is 12.1 Å². The number of aromatic nitrogens is 3. The molecule has 2 N–H and O–H groups in total. The minimum absolute atomic E-state index is 0.0554. The van der Waals surface area contributed by atoms with Crippen LogP contribution >= 0.6 is 0 Å². The van der Waals surface area contributed by atoms with Gasteiger partial charge in [0.1, 0.15) is 6.33 Å². The summed E-state index contributed by atoms with van der Waals surface area (Å²) in [6.07, 6.45) is 2.37. The maximum absolute atomic E-state index is 11.6. The van der Waals surface area contributed by atoms with E-state index in [0.717, 1.165) is 11.5 Å². The van der Waals surface area contributed by atoms with Gasteiger partial charge < -0.3 is 10.6 Å². The first-order valence-corrected chi connectivity index (χ1v) is 6.14. The minimum atomic E-state index is -0.0554. The quantitative estimate of drug-likeness (QED) is 0.745. The highest BCUT2D eigenvalue weighted by molar-refractivity contribution is 5.92. The van der Waals surface area contributed by atoms with Crippen LogP contribution in [0.4, 0.5) is 5.69 Å². The number of rotatable bonds is 6. The molecule has 0 aliphatic heterocycles. The molecule has 6 heteroatoms. The Bertz CT molecular complexity index is 523. The number of hydrogen-bond donors (Lipinski definition) is 2. The number of hydrogen-bond acceptors (Lipinski definition) is 4. The van der Waals surface area contributed by atoms with E-state index in [1.807, 2.05) is 37.4 Å². The number of nitrogens with zero attached hydrogens (tertiary/aromatic N) is 3. The van der Waals surface area contributed by atoms with Crippen LogP contribution in [0.5, 0.6) is 0 Å². The van der Waals surface area contributed by atoms with Gasteiger partial charge in [0.2, 0.25) is 5.91 Å². The Hall–Kier alpha value is -2.21. The molecular formula is C13H17N5O. The summed E-state index contributed by atoms with van der Waals surface area (Å²) in [6.45, 7) is 0.952. The van der Waals surface area contributed by atoms with Crippen molar-refractivity contribution in [3.63, 3.8) is 0 Å². The van der Waals surface area contributed by atoms with Crippen LogP contribution in [0.3, 0.4) is 0 Å². The van der Waals surface area contributed by atoms with Crippen LogP contribution in [0.1, 0.15) is 5.82 Å². The van der Waals surface area contributed by atoms with Crippen molar-refractivity contribution in [3.05, 3.63) is 42.5 Å². The summed E-state index contributed by atoms with van der Waals surface area (Å²) in [7, 11) is 1.83. The van der Waals surface area contributed by atoms with E-state index in [4.69, 9.17) is 0 Å². The first-order chi connectivity index (χ1) is 9.24. The average molecular weight is 259 g/mol. The summed E-state index contributed by atoms with van der Waals surface area (Å²) in [4.78, 5) is 15.7. The lowest BCUT2D eigenvalue weighted by molar-refractivity contribution is -0.115. The predicted octanol–water partition coefficient (Wildman–Crippen LogP) is 0.586. The van der Waals surface area contributed by atoms with Gasteiger partial charge in [-0.1, -0.05) is 18.2 Å². The molecule has 2 rings (SSSR count). The van der Waals surface area contributed by atoms with Crippen LogP contribution in [0, 0.1) is 0 Å². The van der Waals surface area contributed by atoms with Gasteiger partial charge in [-0.15, -0.1) is 0 Å². The molecule has 0 saturated carbocycles. The fraction of sp³-hybridized carbons (Fsp3) is 0.308. The van der Waals surface area contributed by atoms with Gasteiger partial charge in [0.25, 0.3) is 0 Å². The van der Waals surface area contributed by atoms with E-state index >= 15 is 0 Å². The zero-order valence-corrected chi connectivity index (χ0v) is 10.8.